The van der Waals surface area contributed by atoms with Crippen molar-refractivity contribution >= 4 is 17.4 Å². The summed E-state index contributed by atoms with van der Waals surface area (Å²) >= 11 is 0. The van der Waals surface area contributed by atoms with Crippen molar-refractivity contribution in [2.45, 2.75) is 46.4 Å². The van der Waals surface area contributed by atoms with Gasteiger partial charge in [-0.2, -0.15) is 5.10 Å². The lowest BCUT2D eigenvalue weighted by Gasteiger charge is -2.36. The van der Waals surface area contributed by atoms with Gasteiger partial charge in [-0.1, -0.05) is 6.07 Å². The number of hydrogen-bond donors (Lipinski definition) is 1. The van der Waals surface area contributed by atoms with Crippen molar-refractivity contribution in [1.82, 2.24) is 19.7 Å². The summed E-state index contributed by atoms with van der Waals surface area (Å²) in [6.07, 6.45) is 5.74. The molecule has 1 N–H and O–H groups in total. The zero-order valence-electron chi connectivity index (χ0n) is 18.4. The smallest absolute Gasteiger partial charge is 0.274 e. The Morgan fingerprint density at radius 1 is 1.23 bits per heavy atom. The highest BCUT2D eigenvalue weighted by molar-refractivity contribution is 6.03. The van der Waals surface area contributed by atoms with E-state index in [1.165, 1.54) is 0 Å². The van der Waals surface area contributed by atoms with Crippen LogP contribution < -0.4 is 10.2 Å². The van der Waals surface area contributed by atoms with E-state index < -0.39 is 0 Å². The monoisotopic (exact) mass is 420 g/mol. The number of pyridine rings is 2. The second-order valence-electron chi connectivity index (χ2n) is 7.97. The topological polar surface area (TPSA) is 85.2 Å². The van der Waals surface area contributed by atoms with Crippen molar-refractivity contribution in [1.29, 1.82) is 0 Å². The van der Waals surface area contributed by atoms with Crippen LogP contribution in [-0.2, 0) is 11.3 Å². The Morgan fingerprint density at radius 3 is 2.71 bits per heavy atom. The summed E-state index contributed by atoms with van der Waals surface area (Å²) in [6.45, 7) is 10.4. The lowest BCUT2D eigenvalue weighted by Crippen LogP contribution is -2.45. The van der Waals surface area contributed by atoms with Gasteiger partial charge in [0.15, 0.2) is 0 Å². The molecule has 31 heavy (non-hydrogen) atoms. The van der Waals surface area contributed by atoms with Crippen molar-refractivity contribution in [2.75, 3.05) is 23.3 Å². The minimum Gasteiger partial charge on any atom is -0.372 e. The summed E-state index contributed by atoms with van der Waals surface area (Å²) in [4.78, 5) is 24.3. The van der Waals surface area contributed by atoms with E-state index in [0.717, 1.165) is 48.0 Å². The molecule has 0 unspecified atom stereocenters. The van der Waals surface area contributed by atoms with Crippen LogP contribution >= 0.6 is 0 Å². The Kier molecular flexibility index (Phi) is 5.99. The highest BCUT2D eigenvalue weighted by Gasteiger charge is 2.24. The fourth-order valence-electron chi connectivity index (χ4n) is 3.76. The molecule has 3 aromatic heterocycles. The van der Waals surface area contributed by atoms with Gasteiger partial charge in [0.25, 0.3) is 5.91 Å². The number of carbonyl (C=O) groups excluding carboxylic acids is 1. The number of morpholine rings is 1. The molecule has 1 amide bonds. The van der Waals surface area contributed by atoms with E-state index in [9.17, 15) is 4.79 Å². The molecular weight excluding hydrogens is 392 g/mol. The normalized spacial score (nSPS) is 18.8. The minimum atomic E-state index is -0.256. The Bertz CT molecular complexity index is 1070. The van der Waals surface area contributed by atoms with E-state index in [2.05, 4.69) is 39.1 Å². The average molecular weight is 421 g/mol. The summed E-state index contributed by atoms with van der Waals surface area (Å²) in [7, 11) is 0. The van der Waals surface area contributed by atoms with E-state index in [0.29, 0.717) is 5.69 Å². The standard InChI is InChI=1S/C23H28N6O2/c1-5-29-14-18(11-25-29)19-7-6-8-20(26-19)23(30)27-21-9-22(24-10-15(21)2)28-12-16(3)31-17(4)13-28/h6-11,14,16-17H,5,12-13H2,1-4H3,(H,24,27,30)/t16-,17+. The van der Waals surface area contributed by atoms with Gasteiger partial charge in [0.2, 0.25) is 0 Å². The van der Waals surface area contributed by atoms with Crippen LogP contribution in [0.3, 0.4) is 0 Å². The summed E-state index contributed by atoms with van der Waals surface area (Å²) in [5.74, 6) is 0.574. The molecule has 1 aliphatic rings. The van der Waals surface area contributed by atoms with E-state index in [1.54, 1.807) is 18.5 Å². The second kappa shape index (κ2) is 8.85. The molecular formula is C23H28N6O2. The largest absolute Gasteiger partial charge is 0.372 e. The number of hydrogen-bond acceptors (Lipinski definition) is 6. The molecule has 162 valence electrons. The van der Waals surface area contributed by atoms with Gasteiger partial charge in [0, 0.05) is 49.3 Å². The molecule has 3 aromatic rings. The van der Waals surface area contributed by atoms with Gasteiger partial charge in [-0.15, -0.1) is 0 Å². The lowest BCUT2D eigenvalue weighted by atomic mass is 10.2. The number of nitrogens with zero attached hydrogens (tertiary/aromatic N) is 5. The fraction of sp³-hybridized carbons (Fsp3) is 0.391. The molecule has 0 bridgehead atoms. The Balaban J connectivity index is 1.54. The van der Waals surface area contributed by atoms with Crippen molar-refractivity contribution in [3.05, 3.63) is 54.1 Å². The first kappa shape index (κ1) is 21.0. The third-order valence-corrected chi connectivity index (χ3v) is 5.32. The van der Waals surface area contributed by atoms with Crippen LogP contribution in [0.2, 0.25) is 0 Å². The molecule has 2 atom stereocenters. The zero-order chi connectivity index (χ0) is 22.0. The average Bonchev–Trinajstić information content (AvgIpc) is 3.24. The molecule has 8 heteroatoms. The van der Waals surface area contributed by atoms with Crippen molar-refractivity contribution in [3.8, 4) is 11.3 Å². The van der Waals surface area contributed by atoms with Crippen LogP contribution in [0.4, 0.5) is 11.5 Å². The lowest BCUT2D eigenvalue weighted by molar-refractivity contribution is -0.00545. The number of aryl methyl sites for hydroxylation is 2. The maximum Gasteiger partial charge on any atom is 0.274 e. The van der Waals surface area contributed by atoms with Gasteiger partial charge in [0.05, 0.1) is 24.1 Å². The van der Waals surface area contributed by atoms with E-state index >= 15 is 0 Å². The predicted octanol–water partition coefficient (Wildman–Crippen LogP) is 3.53. The number of ether oxygens (including phenoxy) is 1. The molecule has 0 saturated carbocycles. The van der Waals surface area contributed by atoms with Crippen molar-refractivity contribution < 1.29 is 9.53 Å². The van der Waals surface area contributed by atoms with Gasteiger partial charge in [-0.25, -0.2) is 9.97 Å². The summed E-state index contributed by atoms with van der Waals surface area (Å²) in [6, 6.07) is 7.35. The first-order valence-electron chi connectivity index (χ1n) is 10.6. The molecule has 0 aromatic carbocycles. The van der Waals surface area contributed by atoms with E-state index in [4.69, 9.17) is 4.74 Å². The molecule has 0 radical (unpaired) electrons. The highest BCUT2D eigenvalue weighted by Crippen LogP contribution is 2.24. The predicted molar refractivity (Wildman–Crippen MR) is 120 cm³/mol. The molecule has 4 heterocycles. The first-order chi connectivity index (χ1) is 14.9. The SMILES string of the molecule is CCn1cc(-c2cccc(C(=O)Nc3cc(N4C[C@@H](C)O[C@@H](C)C4)ncc3C)n2)cn1. The zero-order valence-corrected chi connectivity index (χ0v) is 18.4. The molecule has 1 saturated heterocycles. The van der Waals surface area contributed by atoms with Crippen molar-refractivity contribution in [3.63, 3.8) is 0 Å². The number of nitrogens with one attached hydrogen (secondary N) is 1. The van der Waals surface area contributed by atoms with Crippen molar-refractivity contribution in [2.24, 2.45) is 0 Å². The molecule has 4 rings (SSSR count). The summed E-state index contributed by atoms with van der Waals surface area (Å²) < 4.78 is 7.65. The quantitative estimate of drug-likeness (QED) is 0.680. The van der Waals surface area contributed by atoms with Gasteiger partial charge < -0.3 is 15.0 Å². The van der Waals surface area contributed by atoms with E-state index in [1.807, 2.05) is 42.9 Å². The van der Waals surface area contributed by atoms with Crippen LogP contribution in [-0.4, -0.2) is 51.0 Å². The number of aromatic nitrogens is 4. The Morgan fingerprint density at radius 2 is 2.00 bits per heavy atom. The summed E-state index contributed by atoms with van der Waals surface area (Å²) in [5, 5.41) is 7.29. The van der Waals surface area contributed by atoms with Crippen LogP contribution in [0.15, 0.2) is 42.9 Å². The Labute approximate surface area is 182 Å². The first-order valence-corrected chi connectivity index (χ1v) is 10.6. The van der Waals surface area contributed by atoms with Crippen LogP contribution in [0.25, 0.3) is 11.3 Å². The van der Waals surface area contributed by atoms with Gasteiger partial charge >= 0.3 is 0 Å². The number of carbonyl (C=O) groups is 1. The highest BCUT2D eigenvalue weighted by atomic mass is 16.5. The van der Waals surface area contributed by atoms with Crippen LogP contribution in [0.1, 0.15) is 36.8 Å². The number of rotatable bonds is 5. The molecule has 1 fully saturated rings. The minimum absolute atomic E-state index is 0.133. The van der Waals surface area contributed by atoms with Crippen LogP contribution in [0.5, 0.6) is 0 Å². The maximum absolute atomic E-state index is 13.0. The third-order valence-electron chi connectivity index (χ3n) is 5.32. The Hall–Kier alpha value is -3.26. The summed E-state index contributed by atoms with van der Waals surface area (Å²) in [5.41, 5.74) is 3.58. The molecule has 0 spiro atoms. The number of amides is 1. The van der Waals surface area contributed by atoms with Gasteiger partial charge in [-0.3, -0.25) is 9.48 Å². The molecule has 1 aliphatic heterocycles. The molecule has 8 nitrogen and oxygen atoms in total. The van der Waals surface area contributed by atoms with Crippen LogP contribution in [0, 0.1) is 6.92 Å². The molecule has 0 aliphatic carbocycles. The number of anilines is 2. The third kappa shape index (κ3) is 4.74. The maximum atomic E-state index is 13.0. The van der Waals surface area contributed by atoms with E-state index in [-0.39, 0.29) is 18.1 Å². The second-order valence-corrected chi connectivity index (χ2v) is 7.97. The van der Waals surface area contributed by atoms with Gasteiger partial charge in [0.1, 0.15) is 11.5 Å². The van der Waals surface area contributed by atoms with Gasteiger partial charge in [-0.05, 0) is 45.4 Å². The fourth-order valence-corrected chi connectivity index (χ4v) is 3.76.